The molecule has 17 heavy (non-hydrogen) atoms. The molecule has 1 aromatic rings. The van der Waals surface area contributed by atoms with Crippen LogP contribution in [0.3, 0.4) is 0 Å². The molecule has 1 aliphatic carbocycles. The highest BCUT2D eigenvalue weighted by Gasteiger charge is 2.35. The molecule has 2 atom stereocenters. The van der Waals surface area contributed by atoms with E-state index < -0.39 is 11.9 Å². The van der Waals surface area contributed by atoms with Crippen molar-refractivity contribution in [3.8, 4) is 0 Å². The van der Waals surface area contributed by atoms with Crippen molar-refractivity contribution in [2.45, 2.75) is 25.7 Å². The maximum atomic E-state index is 12.3. The van der Waals surface area contributed by atoms with Gasteiger partial charge in [-0.25, -0.2) is 0 Å². The predicted molar refractivity (Wildman–Crippen MR) is 63.9 cm³/mol. The van der Waals surface area contributed by atoms with Crippen LogP contribution in [0, 0.1) is 11.8 Å². The Hall–Kier alpha value is -1.64. The molecule has 3 nitrogen and oxygen atoms in total. The molecule has 1 saturated carbocycles. The maximum Gasteiger partial charge on any atom is 0.307 e. The number of ketones is 1. The Kier molecular flexibility index (Phi) is 3.57. The molecule has 0 radical (unpaired) electrons. The first-order valence-corrected chi connectivity index (χ1v) is 6.02. The van der Waals surface area contributed by atoms with Gasteiger partial charge in [0, 0.05) is 11.5 Å². The molecular formula is C14H16O3. The molecule has 0 amide bonds. The molecule has 0 unspecified atom stereocenters. The summed E-state index contributed by atoms with van der Waals surface area (Å²) in [6.07, 6.45) is 3.19. The molecule has 0 spiro atoms. The van der Waals surface area contributed by atoms with Crippen LogP contribution in [0.25, 0.3) is 0 Å². The topological polar surface area (TPSA) is 54.4 Å². The van der Waals surface area contributed by atoms with E-state index in [1.54, 1.807) is 12.1 Å². The van der Waals surface area contributed by atoms with Crippen molar-refractivity contribution in [1.29, 1.82) is 0 Å². The molecule has 1 aromatic carbocycles. The lowest BCUT2D eigenvalue weighted by molar-refractivity contribution is -0.144. The zero-order valence-corrected chi connectivity index (χ0v) is 9.63. The van der Waals surface area contributed by atoms with Crippen molar-refractivity contribution in [1.82, 2.24) is 0 Å². The average Bonchev–Trinajstić information content (AvgIpc) is 2.39. The molecular weight excluding hydrogens is 216 g/mol. The number of rotatable bonds is 3. The van der Waals surface area contributed by atoms with Gasteiger partial charge in [-0.2, -0.15) is 0 Å². The Labute approximate surface area is 100 Å². The first-order chi connectivity index (χ1) is 8.20. The van der Waals surface area contributed by atoms with E-state index in [4.69, 9.17) is 5.11 Å². The lowest BCUT2D eigenvalue weighted by Gasteiger charge is -2.27. The second-order valence-corrected chi connectivity index (χ2v) is 4.57. The molecule has 1 aliphatic rings. The van der Waals surface area contributed by atoms with Gasteiger partial charge in [0.1, 0.15) is 0 Å². The maximum absolute atomic E-state index is 12.3. The molecule has 0 heterocycles. The van der Waals surface area contributed by atoms with Crippen molar-refractivity contribution >= 4 is 11.8 Å². The van der Waals surface area contributed by atoms with Gasteiger partial charge in [0.05, 0.1) is 5.92 Å². The number of Topliss-reactive ketones (excluding diaryl/α,β-unsaturated/α-hetero) is 1. The van der Waals surface area contributed by atoms with E-state index in [0.29, 0.717) is 18.4 Å². The van der Waals surface area contributed by atoms with E-state index >= 15 is 0 Å². The number of carboxylic acid groups (broad SMARTS) is 1. The van der Waals surface area contributed by atoms with Crippen LogP contribution < -0.4 is 0 Å². The first kappa shape index (κ1) is 11.8. The van der Waals surface area contributed by atoms with E-state index in [9.17, 15) is 9.59 Å². The van der Waals surface area contributed by atoms with Gasteiger partial charge in [-0.05, 0) is 12.8 Å². The average molecular weight is 232 g/mol. The molecule has 0 aromatic heterocycles. The summed E-state index contributed by atoms with van der Waals surface area (Å²) in [5.41, 5.74) is 0.630. The van der Waals surface area contributed by atoms with Crippen molar-refractivity contribution in [3.63, 3.8) is 0 Å². The fourth-order valence-corrected chi connectivity index (χ4v) is 2.56. The highest BCUT2D eigenvalue weighted by atomic mass is 16.4. The quantitative estimate of drug-likeness (QED) is 0.815. The third-order valence-electron chi connectivity index (χ3n) is 3.48. The zero-order valence-electron chi connectivity index (χ0n) is 9.63. The fourth-order valence-electron chi connectivity index (χ4n) is 2.56. The van der Waals surface area contributed by atoms with Gasteiger partial charge in [0.25, 0.3) is 0 Å². The Morgan fingerprint density at radius 2 is 1.59 bits per heavy atom. The summed E-state index contributed by atoms with van der Waals surface area (Å²) in [6.45, 7) is 0. The predicted octanol–water partition coefficient (Wildman–Crippen LogP) is 2.76. The number of benzene rings is 1. The van der Waals surface area contributed by atoms with Gasteiger partial charge in [-0.3, -0.25) is 9.59 Å². The van der Waals surface area contributed by atoms with Crippen LogP contribution in [-0.2, 0) is 4.79 Å². The summed E-state index contributed by atoms with van der Waals surface area (Å²) in [7, 11) is 0. The highest BCUT2D eigenvalue weighted by Crippen LogP contribution is 2.32. The molecule has 1 fully saturated rings. The Bertz CT molecular complexity index is 411. The molecule has 0 saturated heterocycles. The first-order valence-electron chi connectivity index (χ1n) is 6.02. The monoisotopic (exact) mass is 232 g/mol. The third-order valence-corrected chi connectivity index (χ3v) is 3.48. The van der Waals surface area contributed by atoms with Crippen LogP contribution in [0.15, 0.2) is 30.3 Å². The lowest BCUT2D eigenvalue weighted by atomic mass is 9.75. The van der Waals surface area contributed by atoms with Crippen LogP contribution in [0.5, 0.6) is 0 Å². The van der Waals surface area contributed by atoms with E-state index in [1.807, 2.05) is 18.2 Å². The SMILES string of the molecule is O=C(O)[C@H]1CCCC[C@H]1C(=O)c1ccccc1. The summed E-state index contributed by atoms with van der Waals surface area (Å²) in [5.74, 6) is -1.70. The summed E-state index contributed by atoms with van der Waals surface area (Å²) < 4.78 is 0. The van der Waals surface area contributed by atoms with Crippen LogP contribution in [0.1, 0.15) is 36.0 Å². The van der Waals surface area contributed by atoms with Crippen molar-refractivity contribution in [3.05, 3.63) is 35.9 Å². The van der Waals surface area contributed by atoms with Gasteiger partial charge in [-0.1, -0.05) is 43.2 Å². The van der Waals surface area contributed by atoms with Crippen molar-refractivity contribution < 1.29 is 14.7 Å². The van der Waals surface area contributed by atoms with E-state index in [1.165, 1.54) is 0 Å². The van der Waals surface area contributed by atoms with Crippen molar-refractivity contribution in [2.24, 2.45) is 11.8 Å². The second-order valence-electron chi connectivity index (χ2n) is 4.57. The Morgan fingerprint density at radius 1 is 1.00 bits per heavy atom. The minimum Gasteiger partial charge on any atom is -0.481 e. The second kappa shape index (κ2) is 5.13. The Morgan fingerprint density at radius 3 is 2.18 bits per heavy atom. The molecule has 2 rings (SSSR count). The number of aliphatic carboxylic acids is 1. The van der Waals surface area contributed by atoms with E-state index in [2.05, 4.69) is 0 Å². The van der Waals surface area contributed by atoms with Gasteiger partial charge >= 0.3 is 5.97 Å². The number of hydrogen-bond donors (Lipinski definition) is 1. The van der Waals surface area contributed by atoms with Gasteiger partial charge in [0.15, 0.2) is 5.78 Å². The van der Waals surface area contributed by atoms with Crippen LogP contribution >= 0.6 is 0 Å². The summed E-state index contributed by atoms with van der Waals surface area (Å²) in [4.78, 5) is 23.4. The number of carboxylic acids is 1. The molecule has 90 valence electrons. The zero-order chi connectivity index (χ0) is 12.3. The summed E-state index contributed by atoms with van der Waals surface area (Å²) in [6, 6.07) is 9.00. The van der Waals surface area contributed by atoms with E-state index in [0.717, 1.165) is 12.8 Å². The highest BCUT2D eigenvalue weighted by molar-refractivity contribution is 5.99. The van der Waals surface area contributed by atoms with Crippen molar-refractivity contribution in [2.75, 3.05) is 0 Å². The summed E-state index contributed by atoms with van der Waals surface area (Å²) in [5, 5.41) is 9.15. The number of carbonyl (C=O) groups excluding carboxylic acids is 1. The fraction of sp³-hybridized carbons (Fsp3) is 0.429. The van der Waals surface area contributed by atoms with Gasteiger partial charge < -0.3 is 5.11 Å². The van der Waals surface area contributed by atoms with Gasteiger partial charge in [0.2, 0.25) is 0 Å². The minimum absolute atomic E-state index is 0.0160. The number of carbonyl (C=O) groups is 2. The van der Waals surface area contributed by atoms with E-state index in [-0.39, 0.29) is 11.7 Å². The summed E-state index contributed by atoms with van der Waals surface area (Å²) >= 11 is 0. The van der Waals surface area contributed by atoms with Gasteiger partial charge in [-0.15, -0.1) is 0 Å². The molecule has 3 heteroatoms. The third kappa shape index (κ3) is 2.54. The number of hydrogen-bond acceptors (Lipinski definition) is 2. The largest absolute Gasteiger partial charge is 0.481 e. The smallest absolute Gasteiger partial charge is 0.307 e. The minimum atomic E-state index is -0.834. The molecule has 1 N–H and O–H groups in total. The Balaban J connectivity index is 2.20. The molecule has 0 aliphatic heterocycles. The van der Waals surface area contributed by atoms with Crippen LogP contribution in [-0.4, -0.2) is 16.9 Å². The standard InChI is InChI=1S/C14H16O3/c15-13(10-6-2-1-3-7-10)11-8-4-5-9-12(11)14(16)17/h1-3,6-7,11-12H,4-5,8-9H2,(H,16,17)/t11-,12+/m1/s1. The lowest BCUT2D eigenvalue weighted by Crippen LogP contribution is -2.32. The normalized spacial score (nSPS) is 24.2. The van der Waals surface area contributed by atoms with Crippen LogP contribution in [0.2, 0.25) is 0 Å². The van der Waals surface area contributed by atoms with Crippen LogP contribution in [0.4, 0.5) is 0 Å². The molecule has 0 bridgehead atoms.